The first-order chi connectivity index (χ1) is 10.1. The molecule has 0 aliphatic rings. The lowest BCUT2D eigenvalue weighted by Gasteiger charge is -2.08. The summed E-state index contributed by atoms with van der Waals surface area (Å²) in [6.07, 6.45) is 1.71. The Bertz CT molecular complexity index is 648. The molecule has 0 saturated carbocycles. The summed E-state index contributed by atoms with van der Waals surface area (Å²) in [6, 6.07) is 4.84. The Morgan fingerprint density at radius 1 is 1.38 bits per heavy atom. The molecule has 1 amide bonds. The van der Waals surface area contributed by atoms with Gasteiger partial charge < -0.3 is 20.3 Å². The summed E-state index contributed by atoms with van der Waals surface area (Å²) in [5, 5.41) is 8.79. The van der Waals surface area contributed by atoms with Gasteiger partial charge in [-0.1, -0.05) is 6.07 Å². The highest BCUT2D eigenvalue weighted by Gasteiger charge is 2.13. The number of hydrogen-bond donors (Lipinski definition) is 2. The van der Waals surface area contributed by atoms with Gasteiger partial charge in [0, 0.05) is 12.6 Å². The number of methoxy groups -OCH3 is 1. The van der Waals surface area contributed by atoms with Crippen molar-refractivity contribution >= 4 is 5.91 Å². The second kappa shape index (κ2) is 6.62. The quantitative estimate of drug-likeness (QED) is 0.712. The number of aliphatic hydroxyl groups excluding tert-OH is 1. The van der Waals surface area contributed by atoms with Crippen LogP contribution < -0.4 is 15.2 Å². The lowest BCUT2D eigenvalue weighted by Crippen LogP contribution is -2.16. The molecule has 8 heteroatoms. The van der Waals surface area contributed by atoms with Crippen LogP contribution in [0.5, 0.6) is 11.8 Å². The smallest absolute Gasteiger partial charge is 0.267 e. The van der Waals surface area contributed by atoms with E-state index >= 15 is 0 Å². The fourth-order valence-corrected chi connectivity index (χ4v) is 1.75. The first-order valence-corrected chi connectivity index (χ1v) is 6.03. The van der Waals surface area contributed by atoms with Crippen molar-refractivity contribution in [3.8, 4) is 11.8 Å². The fraction of sp³-hybridized carbons (Fsp3) is 0.231. The molecule has 0 unspecified atom stereocenters. The first-order valence-electron chi connectivity index (χ1n) is 6.03. The van der Waals surface area contributed by atoms with Gasteiger partial charge in [-0.2, -0.15) is 9.97 Å². The highest BCUT2D eigenvalue weighted by atomic mass is 16.6. The number of rotatable bonds is 6. The maximum Gasteiger partial charge on any atom is 0.267 e. The number of pyridine rings is 1. The normalized spacial score (nSPS) is 10.2. The number of hydrogen-bond acceptors (Lipinski definition) is 7. The maximum atomic E-state index is 11.3. The third-order valence-corrected chi connectivity index (χ3v) is 2.62. The van der Waals surface area contributed by atoms with Gasteiger partial charge >= 0.3 is 0 Å². The summed E-state index contributed by atoms with van der Waals surface area (Å²) in [5.41, 5.74) is 6.03. The molecule has 2 rings (SSSR count). The van der Waals surface area contributed by atoms with Crippen LogP contribution in [0.3, 0.4) is 0 Å². The van der Waals surface area contributed by atoms with Gasteiger partial charge in [0.25, 0.3) is 5.91 Å². The van der Waals surface area contributed by atoms with Gasteiger partial charge in [-0.05, 0) is 11.6 Å². The summed E-state index contributed by atoms with van der Waals surface area (Å²) in [6.45, 7) is -0.515. The van der Waals surface area contributed by atoms with Gasteiger partial charge in [-0.3, -0.25) is 9.78 Å². The number of carbonyl (C=O) groups excluding carboxylic acids is 1. The number of carbonyl (C=O) groups is 1. The van der Waals surface area contributed by atoms with E-state index < -0.39 is 12.7 Å². The van der Waals surface area contributed by atoms with E-state index in [1.165, 1.54) is 19.4 Å². The molecule has 2 aromatic rings. The molecular formula is C13H14N4O4. The van der Waals surface area contributed by atoms with Crippen LogP contribution >= 0.6 is 0 Å². The Morgan fingerprint density at radius 2 is 2.14 bits per heavy atom. The first kappa shape index (κ1) is 14.7. The van der Waals surface area contributed by atoms with Gasteiger partial charge in [0.1, 0.15) is 11.5 Å². The van der Waals surface area contributed by atoms with Crippen LogP contribution in [-0.4, -0.2) is 39.9 Å². The minimum absolute atomic E-state index is 0.161. The van der Waals surface area contributed by atoms with E-state index in [9.17, 15) is 4.79 Å². The second-order valence-corrected chi connectivity index (χ2v) is 3.99. The molecule has 110 valence electrons. The number of primary amides is 1. The number of nitrogens with zero attached hydrogens (tertiary/aromatic N) is 3. The van der Waals surface area contributed by atoms with E-state index in [-0.39, 0.29) is 23.9 Å². The summed E-state index contributed by atoms with van der Waals surface area (Å²) < 4.78 is 9.96. The number of amides is 1. The highest BCUT2D eigenvalue weighted by molar-refractivity contribution is 5.92. The van der Waals surface area contributed by atoms with Crippen molar-refractivity contribution < 1.29 is 19.4 Å². The number of aliphatic hydroxyl groups is 1. The summed E-state index contributed by atoms with van der Waals surface area (Å²) >= 11 is 0. The highest BCUT2D eigenvalue weighted by Crippen LogP contribution is 2.18. The minimum atomic E-state index is -0.625. The number of nitrogens with two attached hydrogens (primary N) is 1. The predicted molar refractivity (Wildman–Crippen MR) is 71.9 cm³/mol. The molecule has 2 heterocycles. The van der Waals surface area contributed by atoms with E-state index in [1.807, 2.05) is 0 Å². The van der Waals surface area contributed by atoms with Crippen molar-refractivity contribution in [3.63, 3.8) is 0 Å². The lowest BCUT2D eigenvalue weighted by molar-refractivity contribution is 0.0933. The van der Waals surface area contributed by atoms with Crippen molar-refractivity contribution in [3.05, 3.63) is 41.5 Å². The third kappa shape index (κ3) is 3.63. The molecule has 0 fully saturated rings. The van der Waals surface area contributed by atoms with E-state index in [1.54, 1.807) is 12.1 Å². The van der Waals surface area contributed by atoms with Crippen molar-refractivity contribution in [2.24, 2.45) is 5.73 Å². The number of ether oxygens (including phenoxy) is 2. The zero-order chi connectivity index (χ0) is 15.2. The van der Waals surface area contributed by atoms with E-state index in [0.717, 1.165) is 0 Å². The van der Waals surface area contributed by atoms with Crippen molar-refractivity contribution in [2.45, 2.75) is 6.42 Å². The molecule has 0 radical (unpaired) electrons. The third-order valence-electron chi connectivity index (χ3n) is 2.62. The molecule has 21 heavy (non-hydrogen) atoms. The summed E-state index contributed by atoms with van der Waals surface area (Å²) in [7, 11) is 1.45. The number of aromatic nitrogens is 3. The van der Waals surface area contributed by atoms with Crippen LogP contribution in [0, 0.1) is 0 Å². The molecule has 3 N–H and O–H groups in total. The van der Waals surface area contributed by atoms with Crippen molar-refractivity contribution in [2.75, 3.05) is 13.9 Å². The minimum Gasteiger partial charge on any atom is -0.481 e. The van der Waals surface area contributed by atoms with Crippen molar-refractivity contribution in [1.29, 1.82) is 0 Å². The molecule has 0 atom stereocenters. The van der Waals surface area contributed by atoms with Crippen LogP contribution in [0.25, 0.3) is 0 Å². The van der Waals surface area contributed by atoms with Crippen LogP contribution in [-0.2, 0) is 6.42 Å². The summed E-state index contributed by atoms with van der Waals surface area (Å²) in [5.74, 6) is 0.186. The Morgan fingerprint density at radius 3 is 2.81 bits per heavy atom. The lowest BCUT2D eigenvalue weighted by atomic mass is 10.1. The van der Waals surface area contributed by atoms with E-state index in [0.29, 0.717) is 11.4 Å². The predicted octanol–water partition coefficient (Wildman–Crippen LogP) is -0.102. The molecular weight excluding hydrogens is 276 g/mol. The fourth-order valence-electron chi connectivity index (χ4n) is 1.75. The van der Waals surface area contributed by atoms with Gasteiger partial charge in [0.05, 0.1) is 13.2 Å². The molecule has 8 nitrogen and oxygen atoms in total. The Hall–Kier alpha value is -2.74. The maximum absolute atomic E-state index is 11.3. The topological polar surface area (TPSA) is 120 Å². The molecule has 0 aliphatic heterocycles. The second-order valence-electron chi connectivity index (χ2n) is 3.99. The molecule has 0 spiro atoms. The zero-order valence-electron chi connectivity index (χ0n) is 11.3. The Labute approximate surface area is 120 Å². The molecule has 0 aliphatic carbocycles. The van der Waals surface area contributed by atoms with E-state index in [4.69, 9.17) is 20.3 Å². The average Bonchev–Trinajstić information content (AvgIpc) is 2.47. The molecule has 0 aromatic carbocycles. The van der Waals surface area contributed by atoms with Crippen LogP contribution in [0.1, 0.15) is 21.9 Å². The molecule has 0 bridgehead atoms. The molecule has 2 aromatic heterocycles. The summed E-state index contributed by atoms with van der Waals surface area (Å²) in [4.78, 5) is 23.6. The van der Waals surface area contributed by atoms with Gasteiger partial charge in [-0.25, -0.2) is 0 Å². The monoisotopic (exact) mass is 290 g/mol. The molecule has 0 saturated heterocycles. The van der Waals surface area contributed by atoms with Gasteiger partial charge in [-0.15, -0.1) is 0 Å². The van der Waals surface area contributed by atoms with Gasteiger partial charge in [0.2, 0.25) is 11.8 Å². The Balaban J connectivity index is 2.35. The Kier molecular flexibility index (Phi) is 4.62. The average molecular weight is 290 g/mol. The van der Waals surface area contributed by atoms with Gasteiger partial charge in [0.15, 0.2) is 6.79 Å². The zero-order valence-corrected chi connectivity index (χ0v) is 11.3. The van der Waals surface area contributed by atoms with E-state index in [2.05, 4.69) is 15.0 Å². The van der Waals surface area contributed by atoms with Crippen molar-refractivity contribution in [1.82, 2.24) is 15.0 Å². The van der Waals surface area contributed by atoms with Crippen LogP contribution in [0.15, 0.2) is 24.4 Å². The SMILES string of the molecule is COc1cc(OCO)nc(Cc2cccnc2C(N)=O)n1. The van der Waals surface area contributed by atoms with Crippen LogP contribution in [0.4, 0.5) is 0 Å². The standard InChI is InChI=1S/C13H14N4O4/c1-20-10-6-11(21-7-18)17-9(16-10)5-8-3-2-4-15-12(8)13(14)19/h2-4,6,18H,5,7H2,1H3,(H2,14,19). The largest absolute Gasteiger partial charge is 0.481 e. The van der Waals surface area contributed by atoms with Crippen LogP contribution in [0.2, 0.25) is 0 Å².